The van der Waals surface area contributed by atoms with Gasteiger partial charge in [0.1, 0.15) is 11.6 Å². The molecule has 1 N–H and O–H groups in total. The van der Waals surface area contributed by atoms with E-state index in [0.717, 1.165) is 41.0 Å². The predicted octanol–water partition coefficient (Wildman–Crippen LogP) is 4.15. The molecule has 1 aromatic carbocycles. The van der Waals surface area contributed by atoms with Gasteiger partial charge in [-0.3, -0.25) is 4.79 Å². The van der Waals surface area contributed by atoms with Crippen molar-refractivity contribution < 1.29 is 14.3 Å². The zero-order valence-electron chi connectivity index (χ0n) is 18.3. The summed E-state index contributed by atoms with van der Waals surface area (Å²) in [5.74, 6) is -1.23. The van der Waals surface area contributed by atoms with E-state index in [1.165, 1.54) is 6.08 Å². The Morgan fingerprint density at radius 3 is 2.60 bits per heavy atom. The molecule has 158 valence electrons. The van der Waals surface area contributed by atoms with Crippen LogP contribution in [0.3, 0.4) is 0 Å². The fourth-order valence-electron chi connectivity index (χ4n) is 3.48. The largest absolute Gasteiger partial charge is 0.451 e. The summed E-state index contributed by atoms with van der Waals surface area (Å²) < 4.78 is 7.22. The lowest BCUT2D eigenvalue weighted by Gasteiger charge is -2.16. The average molecular weight is 408 g/mol. The van der Waals surface area contributed by atoms with Crippen LogP contribution in [0.5, 0.6) is 0 Å². The molecule has 6 nitrogen and oxygen atoms in total. The smallest absolute Gasteiger partial charge is 0.349 e. The lowest BCUT2D eigenvalue weighted by molar-refractivity contribution is -0.144. The normalized spacial score (nSPS) is 12.2. The van der Waals surface area contributed by atoms with Crippen molar-refractivity contribution >= 4 is 18.0 Å². The standard InChI is InChI=1S/C24H29N3O3/c1-6-11-27-17(3)12-20(19(27)5)13-21(14-25)24(29)30-15-23(28)26-18(4)22-10-8-7-9-16(22)2/h7-10,12-13,18H,6,11,15H2,1-5H3,(H,26,28)/b21-13+. The van der Waals surface area contributed by atoms with Gasteiger partial charge in [-0.1, -0.05) is 31.2 Å². The zero-order chi connectivity index (χ0) is 22.3. The molecule has 2 rings (SSSR count). The van der Waals surface area contributed by atoms with Gasteiger partial charge in [0.25, 0.3) is 5.91 Å². The van der Waals surface area contributed by atoms with Crippen LogP contribution in [0.2, 0.25) is 0 Å². The molecular weight excluding hydrogens is 378 g/mol. The molecule has 1 aromatic heterocycles. The van der Waals surface area contributed by atoms with Crippen LogP contribution in [0.25, 0.3) is 6.08 Å². The van der Waals surface area contributed by atoms with Crippen LogP contribution < -0.4 is 5.32 Å². The minimum Gasteiger partial charge on any atom is -0.451 e. The van der Waals surface area contributed by atoms with Crippen LogP contribution >= 0.6 is 0 Å². The van der Waals surface area contributed by atoms with Crippen molar-refractivity contribution in [1.82, 2.24) is 9.88 Å². The van der Waals surface area contributed by atoms with Crippen molar-refractivity contribution in [3.05, 3.63) is 64.0 Å². The monoisotopic (exact) mass is 407 g/mol. The highest BCUT2D eigenvalue weighted by molar-refractivity contribution is 5.99. The van der Waals surface area contributed by atoms with Crippen molar-refractivity contribution in [2.45, 2.75) is 53.6 Å². The maximum Gasteiger partial charge on any atom is 0.349 e. The molecule has 1 amide bonds. The van der Waals surface area contributed by atoms with Gasteiger partial charge in [-0.2, -0.15) is 5.26 Å². The molecule has 0 aliphatic heterocycles. The second-order valence-electron chi connectivity index (χ2n) is 7.37. The minimum absolute atomic E-state index is 0.133. The molecule has 1 atom stereocenters. The van der Waals surface area contributed by atoms with Crippen molar-refractivity contribution in [1.29, 1.82) is 5.26 Å². The van der Waals surface area contributed by atoms with Gasteiger partial charge < -0.3 is 14.6 Å². The topological polar surface area (TPSA) is 84.1 Å². The summed E-state index contributed by atoms with van der Waals surface area (Å²) in [5.41, 5.74) is 4.78. The van der Waals surface area contributed by atoms with Crippen LogP contribution in [0.1, 0.15) is 54.4 Å². The predicted molar refractivity (Wildman–Crippen MR) is 116 cm³/mol. The number of nitriles is 1. The fourth-order valence-corrected chi connectivity index (χ4v) is 3.48. The highest BCUT2D eigenvalue weighted by Crippen LogP contribution is 2.19. The number of nitrogens with one attached hydrogen (secondary N) is 1. The Bertz CT molecular complexity index is 996. The highest BCUT2D eigenvalue weighted by Gasteiger charge is 2.17. The van der Waals surface area contributed by atoms with Gasteiger partial charge in [-0.15, -0.1) is 0 Å². The van der Waals surface area contributed by atoms with E-state index in [1.54, 1.807) is 0 Å². The van der Waals surface area contributed by atoms with Gasteiger partial charge >= 0.3 is 5.97 Å². The van der Waals surface area contributed by atoms with E-state index in [9.17, 15) is 14.9 Å². The second-order valence-corrected chi connectivity index (χ2v) is 7.37. The molecule has 0 fully saturated rings. The van der Waals surface area contributed by atoms with Crippen molar-refractivity contribution in [3.8, 4) is 6.07 Å². The molecule has 0 aliphatic rings. The Morgan fingerprint density at radius 2 is 1.97 bits per heavy atom. The van der Waals surface area contributed by atoms with E-state index in [4.69, 9.17) is 4.74 Å². The Morgan fingerprint density at radius 1 is 1.27 bits per heavy atom. The van der Waals surface area contributed by atoms with E-state index < -0.39 is 18.5 Å². The van der Waals surface area contributed by atoms with E-state index in [2.05, 4.69) is 16.8 Å². The average Bonchev–Trinajstić information content (AvgIpc) is 2.98. The molecule has 6 heteroatoms. The van der Waals surface area contributed by atoms with Crippen LogP contribution in [-0.4, -0.2) is 23.1 Å². The van der Waals surface area contributed by atoms with E-state index in [-0.39, 0.29) is 11.6 Å². The molecule has 0 spiro atoms. The number of ether oxygens (including phenoxy) is 1. The summed E-state index contributed by atoms with van der Waals surface area (Å²) in [6.45, 7) is 10.3. The fraction of sp³-hybridized carbons (Fsp3) is 0.375. The van der Waals surface area contributed by atoms with Crippen LogP contribution in [-0.2, 0) is 20.9 Å². The maximum atomic E-state index is 12.3. The number of carbonyl (C=O) groups excluding carboxylic acids is 2. The van der Waals surface area contributed by atoms with Crippen LogP contribution in [0.4, 0.5) is 0 Å². The van der Waals surface area contributed by atoms with E-state index >= 15 is 0 Å². The van der Waals surface area contributed by atoms with Crippen LogP contribution in [0.15, 0.2) is 35.9 Å². The minimum atomic E-state index is -0.809. The van der Waals surface area contributed by atoms with Gasteiger partial charge in [0.2, 0.25) is 0 Å². The maximum absolute atomic E-state index is 12.3. The Kier molecular flexibility index (Phi) is 7.99. The first-order valence-corrected chi connectivity index (χ1v) is 10.1. The van der Waals surface area contributed by atoms with Gasteiger partial charge in [-0.25, -0.2) is 4.79 Å². The Balaban J connectivity index is 2.01. The summed E-state index contributed by atoms with van der Waals surface area (Å²) in [5, 5.41) is 12.2. The lowest BCUT2D eigenvalue weighted by Crippen LogP contribution is -2.31. The third-order valence-corrected chi connectivity index (χ3v) is 5.07. The second kappa shape index (κ2) is 10.4. The van der Waals surface area contributed by atoms with Crippen molar-refractivity contribution in [3.63, 3.8) is 0 Å². The Hall–Kier alpha value is -3.33. The molecular formula is C24H29N3O3. The first-order valence-electron chi connectivity index (χ1n) is 10.1. The van der Waals surface area contributed by atoms with E-state index in [1.807, 2.05) is 64.1 Å². The van der Waals surface area contributed by atoms with Crippen molar-refractivity contribution in [2.24, 2.45) is 0 Å². The number of amides is 1. The molecule has 1 heterocycles. The number of aryl methyl sites for hydroxylation is 2. The third-order valence-electron chi connectivity index (χ3n) is 5.07. The summed E-state index contributed by atoms with van der Waals surface area (Å²) in [7, 11) is 0. The molecule has 0 bridgehead atoms. The summed E-state index contributed by atoms with van der Waals surface area (Å²) in [4.78, 5) is 24.5. The quantitative estimate of drug-likeness (QED) is 0.405. The number of carbonyl (C=O) groups is 2. The highest BCUT2D eigenvalue weighted by atomic mass is 16.5. The van der Waals surface area contributed by atoms with Gasteiger partial charge in [0.15, 0.2) is 6.61 Å². The molecule has 0 radical (unpaired) electrons. The molecule has 2 aromatic rings. The number of benzene rings is 1. The first-order chi connectivity index (χ1) is 14.3. The number of esters is 1. The number of nitrogens with zero attached hydrogens (tertiary/aromatic N) is 2. The van der Waals surface area contributed by atoms with Gasteiger partial charge in [0, 0.05) is 17.9 Å². The van der Waals surface area contributed by atoms with Crippen LogP contribution in [0, 0.1) is 32.1 Å². The van der Waals surface area contributed by atoms with Gasteiger partial charge in [-0.05, 0) is 62.9 Å². The molecule has 0 saturated heterocycles. The zero-order valence-corrected chi connectivity index (χ0v) is 18.3. The summed E-state index contributed by atoms with van der Waals surface area (Å²) in [6.07, 6.45) is 2.51. The summed E-state index contributed by atoms with van der Waals surface area (Å²) in [6, 6.07) is 11.4. The third kappa shape index (κ3) is 5.60. The molecule has 30 heavy (non-hydrogen) atoms. The summed E-state index contributed by atoms with van der Waals surface area (Å²) >= 11 is 0. The van der Waals surface area contributed by atoms with Crippen molar-refractivity contribution in [2.75, 3.05) is 6.61 Å². The Labute approximate surface area is 178 Å². The number of rotatable bonds is 8. The molecule has 0 aliphatic carbocycles. The SMILES string of the molecule is CCCn1c(C)cc(/C=C(\C#N)C(=O)OCC(=O)NC(C)c2ccccc2C)c1C. The first kappa shape index (κ1) is 23.0. The van der Waals surface area contributed by atoms with E-state index in [0.29, 0.717) is 0 Å². The number of hydrogen-bond donors (Lipinski definition) is 1. The lowest BCUT2D eigenvalue weighted by atomic mass is 10.0. The number of hydrogen-bond acceptors (Lipinski definition) is 4. The van der Waals surface area contributed by atoms with Gasteiger partial charge in [0.05, 0.1) is 6.04 Å². The molecule has 1 unspecified atom stereocenters. The molecule has 0 saturated carbocycles. The number of aromatic nitrogens is 1.